The van der Waals surface area contributed by atoms with Crippen LogP contribution in [0.15, 0.2) is 85.1 Å². The molecule has 0 radical (unpaired) electrons. The number of urea groups is 1. The lowest BCUT2D eigenvalue weighted by Gasteiger charge is -2.32. The second-order valence-electron chi connectivity index (χ2n) is 11.0. The number of nitrogens with zero attached hydrogens (tertiary/aromatic N) is 2. The number of ether oxygens (including phenoxy) is 1. The molecular weight excluding hydrogens is 647 g/mol. The van der Waals surface area contributed by atoms with E-state index in [2.05, 4.69) is 30.6 Å². The molecule has 5 rings (SSSR count). The zero-order valence-electron chi connectivity index (χ0n) is 25.8. The molecule has 47 heavy (non-hydrogen) atoms. The fraction of sp³-hybridized carbons (Fsp3) is 0.242. The molecule has 11 nitrogen and oxygen atoms in total. The molecular formula is C33H36ClFN6O5S. The van der Waals surface area contributed by atoms with Crippen molar-refractivity contribution in [1.82, 2.24) is 15.2 Å². The monoisotopic (exact) mass is 682 g/mol. The summed E-state index contributed by atoms with van der Waals surface area (Å²) < 4.78 is 44.8. The van der Waals surface area contributed by atoms with Crippen LogP contribution in [0.4, 0.5) is 26.2 Å². The molecule has 1 aliphatic rings. The Morgan fingerprint density at radius 1 is 0.915 bits per heavy atom. The van der Waals surface area contributed by atoms with E-state index in [1.165, 1.54) is 24.7 Å². The molecule has 3 amide bonds. The summed E-state index contributed by atoms with van der Waals surface area (Å²) in [6, 6.07) is 21.5. The van der Waals surface area contributed by atoms with E-state index in [0.29, 0.717) is 34.6 Å². The summed E-state index contributed by atoms with van der Waals surface area (Å²) in [6.45, 7) is 2.66. The molecule has 3 aromatic carbocycles. The number of carbonyl (C=O) groups excluding carboxylic acids is 2. The third-order valence-electron chi connectivity index (χ3n) is 7.51. The van der Waals surface area contributed by atoms with Crippen LogP contribution in [0.3, 0.4) is 0 Å². The van der Waals surface area contributed by atoms with Crippen LogP contribution in [-0.2, 0) is 16.6 Å². The number of hydrogen-bond acceptors (Lipinski definition) is 7. The van der Waals surface area contributed by atoms with Crippen LogP contribution < -0.4 is 25.4 Å². The van der Waals surface area contributed by atoms with Crippen molar-refractivity contribution in [3.8, 4) is 11.6 Å². The highest BCUT2D eigenvalue weighted by molar-refractivity contribution is 7.92. The molecule has 4 N–H and O–H groups in total. The van der Waals surface area contributed by atoms with Crippen molar-refractivity contribution in [3.05, 3.63) is 108 Å². The number of sulfonamides is 1. The van der Waals surface area contributed by atoms with Crippen molar-refractivity contribution in [2.75, 3.05) is 41.7 Å². The van der Waals surface area contributed by atoms with Crippen molar-refractivity contribution in [2.45, 2.75) is 25.3 Å². The number of halogens is 2. The van der Waals surface area contributed by atoms with Gasteiger partial charge in [0, 0.05) is 42.9 Å². The average molecular weight is 683 g/mol. The summed E-state index contributed by atoms with van der Waals surface area (Å²) in [7, 11) is -1.93. The molecule has 1 aliphatic heterocycles. The maximum Gasteiger partial charge on any atom is 0.323 e. The van der Waals surface area contributed by atoms with E-state index in [-0.39, 0.29) is 18.0 Å². The zero-order chi connectivity index (χ0) is 32.7. The Labute approximate surface area is 279 Å². The second-order valence-corrected chi connectivity index (χ2v) is 12.8. The standard InChI is InChI=1S/C33H35FN6O5S.ClH/c1-35-32(41)29-19-27(10-13-30(29)34)38-33(42)37-25-6-4-23(5-7-25)24-15-17-40(18-16-24)21-22-3-14-31(36-20-22)45-28-11-8-26(9-12-28)39-46(2,43)44;/h3-14,19-20,24,39H,15-18,21H2,1-2H3,(H,35,41)(H2,37,38,42);1H. The number of benzene rings is 3. The van der Waals surface area contributed by atoms with Crippen LogP contribution in [0.25, 0.3) is 0 Å². The average Bonchev–Trinajstić information content (AvgIpc) is 3.03. The van der Waals surface area contributed by atoms with E-state index < -0.39 is 27.8 Å². The summed E-state index contributed by atoms with van der Waals surface area (Å²) in [5, 5.41) is 7.77. The smallest absolute Gasteiger partial charge is 0.323 e. The Bertz CT molecular complexity index is 1780. The molecule has 1 fully saturated rings. The van der Waals surface area contributed by atoms with Gasteiger partial charge in [-0.05, 0) is 97.6 Å². The van der Waals surface area contributed by atoms with Gasteiger partial charge in [0.25, 0.3) is 5.91 Å². The predicted octanol–water partition coefficient (Wildman–Crippen LogP) is 6.19. The molecule has 1 aromatic heterocycles. The number of hydrogen-bond donors (Lipinski definition) is 4. The molecule has 248 valence electrons. The second kappa shape index (κ2) is 15.7. The van der Waals surface area contributed by atoms with Gasteiger partial charge in [-0.25, -0.2) is 22.6 Å². The largest absolute Gasteiger partial charge is 0.439 e. The van der Waals surface area contributed by atoms with Gasteiger partial charge in [-0.2, -0.15) is 0 Å². The third kappa shape index (κ3) is 10.1. The molecule has 14 heteroatoms. The zero-order valence-corrected chi connectivity index (χ0v) is 27.5. The summed E-state index contributed by atoms with van der Waals surface area (Å²) in [5.41, 5.74) is 3.52. The predicted molar refractivity (Wildman–Crippen MR) is 183 cm³/mol. The first-order valence-corrected chi connectivity index (χ1v) is 16.6. The Balaban J connectivity index is 0.00000500. The number of carbonyl (C=O) groups is 2. The lowest BCUT2D eigenvalue weighted by molar-refractivity contribution is 0.0959. The van der Waals surface area contributed by atoms with Gasteiger partial charge in [0.15, 0.2) is 0 Å². The lowest BCUT2D eigenvalue weighted by Crippen LogP contribution is -2.32. The van der Waals surface area contributed by atoms with Crippen LogP contribution in [0.2, 0.25) is 0 Å². The first-order valence-electron chi connectivity index (χ1n) is 14.7. The van der Waals surface area contributed by atoms with Crippen LogP contribution in [0.5, 0.6) is 11.6 Å². The van der Waals surface area contributed by atoms with Crippen molar-refractivity contribution in [1.29, 1.82) is 0 Å². The summed E-state index contributed by atoms with van der Waals surface area (Å²) in [6.07, 6.45) is 4.91. The van der Waals surface area contributed by atoms with E-state index in [1.54, 1.807) is 30.5 Å². The van der Waals surface area contributed by atoms with Crippen molar-refractivity contribution in [3.63, 3.8) is 0 Å². The number of piperidine rings is 1. The molecule has 0 atom stereocenters. The van der Waals surface area contributed by atoms with Gasteiger partial charge in [0.1, 0.15) is 11.6 Å². The van der Waals surface area contributed by atoms with Gasteiger partial charge in [0.2, 0.25) is 15.9 Å². The first kappa shape index (κ1) is 35.1. The highest BCUT2D eigenvalue weighted by Gasteiger charge is 2.21. The maximum absolute atomic E-state index is 13.9. The minimum atomic E-state index is -3.34. The quantitative estimate of drug-likeness (QED) is 0.156. The van der Waals surface area contributed by atoms with Gasteiger partial charge in [-0.15, -0.1) is 12.4 Å². The van der Waals surface area contributed by atoms with E-state index >= 15 is 0 Å². The van der Waals surface area contributed by atoms with E-state index in [4.69, 9.17) is 4.74 Å². The highest BCUT2D eigenvalue weighted by Crippen LogP contribution is 2.30. The number of amides is 3. The van der Waals surface area contributed by atoms with Crippen molar-refractivity contribution >= 4 is 51.4 Å². The number of likely N-dealkylation sites (tertiary alicyclic amines) is 1. The number of aromatic nitrogens is 1. The minimum absolute atomic E-state index is 0. The van der Waals surface area contributed by atoms with Crippen LogP contribution in [0.1, 0.15) is 40.2 Å². The topological polar surface area (TPSA) is 142 Å². The SMILES string of the molecule is CNC(=O)c1cc(NC(=O)Nc2ccc(C3CCN(Cc4ccc(Oc5ccc(NS(C)(=O)=O)cc5)nc4)CC3)cc2)ccc1F.Cl. The Hall–Kier alpha value is -4.72. The summed E-state index contributed by atoms with van der Waals surface area (Å²) in [5.74, 6) is 0.170. The van der Waals surface area contributed by atoms with E-state index in [1.807, 2.05) is 36.4 Å². The normalized spacial score (nSPS) is 13.6. The Morgan fingerprint density at radius 2 is 1.55 bits per heavy atom. The molecule has 0 unspecified atom stereocenters. The number of rotatable bonds is 10. The fourth-order valence-electron chi connectivity index (χ4n) is 5.22. The third-order valence-corrected chi connectivity index (χ3v) is 8.11. The number of nitrogens with one attached hydrogen (secondary N) is 4. The van der Waals surface area contributed by atoms with Gasteiger partial charge < -0.3 is 20.7 Å². The molecule has 0 bridgehead atoms. The van der Waals surface area contributed by atoms with Gasteiger partial charge >= 0.3 is 6.03 Å². The fourth-order valence-corrected chi connectivity index (χ4v) is 5.78. The van der Waals surface area contributed by atoms with E-state index in [0.717, 1.165) is 50.4 Å². The van der Waals surface area contributed by atoms with E-state index in [9.17, 15) is 22.4 Å². The molecule has 1 saturated heterocycles. The van der Waals surface area contributed by atoms with Crippen molar-refractivity contribution in [2.24, 2.45) is 0 Å². The maximum atomic E-state index is 13.9. The minimum Gasteiger partial charge on any atom is -0.439 e. The number of anilines is 3. The Morgan fingerprint density at radius 3 is 2.17 bits per heavy atom. The molecule has 0 spiro atoms. The van der Waals surface area contributed by atoms with Gasteiger partial charge in [-0.3, -0.25) is 14.4 Å². The van der Waals surface area contributed by atoms with Gasteiger partial charge in [-0.1, -0.05) is 18.2 Å². The van der Waals surface area contributed by atoms with Gasteiger partial charge in [0.05, 0.1) is 11.8 Å². The lowest BCUT2D eigenvalue weighted by atomic mass is 9.89. The van der Waals surface area contributed by atoms with Crippen LogP contribution >= 0.6 is 12.4 Å². The summed E-state index contributed by atoms with van der Waals surface area (Å²) >= 11 is 0. The molecule has 0 aliphatic carbocycles. The molecule has 4 aromatic rings. The molecule has 2 heterocycles. The summed E-state index contributed by atoms with van der Waals surface area (Å²) in [4.78, 5) is 31.1. The Kier molecular flexibility index (Phi) is 11.8. The van der Waals surface area contributed by atoms with Crippen LogP contribution in [0, 0.1) is 5.82 Å². The van der Waals surface area contributed by atoms with Crippen molar-refractivity contribution < 1.29 is 27.1 Å². The van der Waals surface area contributed by atoms with Crippen LogP contribution in [-0.4, -0.2) is 56.6 Å². The number of pyridine rings is 1. The first-order chi connectivity index (χ1) is 22.0. The highest BCUT2D eigenvalue weighted by atomic mass is 35.5. The molecule has 0 saturated carbocycles.